The van der Waals surface area contributed by atoms with E-state index in [-0.39, 0.29) is 24.1 Å². The molecule has 1 heterocycles. The number of rotatable bonds is 6. The van der Waals surface area contributed by atoms with Crippen molar-refractivity contribution < 1.29 is 22.7 Å². The SMILES string of the molecule is COc1ccccc1C[C@H](C)NC(=O)Cn1nc(C(F)(F)F)c2c1CCCC2. The van der Waals surface area contributed by atoms with Crippen LogP contribution in [0, 0.1) is 0 Å². The quantitative estimate of drug-likeness (QED) is 0.814. The number of methoxy groups -OCH3 is 1. The third kappa shape index (κ3) is 4.48. The van der Waals surface area contributed by atoms with Gasteiger partial charge < -0.3 is 10.1 Å². The number of ether oxygens (including phenoxy) is 1. The minimum Gasteiger partial charge on any atom is -0.496 e. The average molecular weight is 395 g/mol. The van der Waals surface area contributed by atoms with E-state index in [0.717, 1.165) is 17.7 Å². The normalized spacial score (nSPS) is 15.0. The monoisotopic (exact) mass is 395 g/mol. The fourth-order valence-corrected chi connectivity index (χ4v) is 3.74. The van der Waals surface area contributed by atoms with Crippen LogP contribution in [0.4, 0.5) is 13.2 Å². The average Bonchev–Trinajstić information content (AvgIpc) is 3.01. The molecule has 28 heavy (non-hydrogen) atoms. The molecule has 0 radical (unpaired) electrons. The molecule has 1 aliphatic carbocycles. The van der Waals surface area contributed by atoms with Gasteiger partial charge in [-0.05, 0) is 50.7 Å². The number of halogens is 3. The molecule has 5 nitrogen and oxygen atoms in total. The second-order valence-corrected chi connectivity index (χ2v) is 7.12. The molecule has 1 aromatic heterocycles. The van der Waals surface area contributed by atoms with Crippen molar-refractivity contribution in [2.24, 2.45) is 0 Å². The molecule has 3 rings (SSSR count). The molecule has 1 aromatic carbocycles. The Morgan fingerprint density at radius 3 is 2.71 bits per heavy atom. The topological polar surface area (TPSA) is 56.1 Å². The maximum absolute atomic E-state index is 13.3. The summed E-state index contributed by atoms with van der Waals surface area (Å²) in [4.78, 5) is 12.4. The van der Waals surface area contributed by atoms with Crippen LogP contribution in [0.2, 0.25) is 0 Å². The van der Waals surface area contributed by atoms with Crippen LogP contribution in [0.5, 0.6) is 5.75 Å². The van der Waals surface area contributed by atoms with Gasteiger partial charge in [0, 0.05) is 17.3 Å². The summed E-state index contributed by atoms with van der Waals surface area (Å²) in [6.45, 7) is 1.64. The van der Waals surface area contributed by atoms with Gasteiger partial charge in [-0.15, -0.1) is 0 Å². The molecule has 0 saturated carbocycles. The number of hydrogen-bond donors (Lipinski definition) is 1. The van der Waals surface area contributed by atoms with Crippen molar-refractivity contribution in [2.75, 3.05) is 7.11 Å². The van der Waals surface area contributed by atoms with Gasteiger partial charge in [0.05, 0.1) is 7.11 Å². The summed E-state index contributed by atoms with van der Waals surface area (Å²) in [5, 5.41) is 6.58. The summed E-state index contributed by atoms with van der Waals surface area (Å²) in [5.41, 5.74) is 0.880. The van der Waals surface area contributed by atoms with Crippen molar-refractivity contribution in [1.29, 1.82) is 0 Å². The zero-order valence-corrected chi connectivity index (χ0v) is 16.0. The zero-order chi connectivity index (χ0) is 20.3. The van der Waals surface area contributed by atoms with E-state index in [1.165, 1.54) is 4.68 Å². The molecule has 152 valence electrons. The number of nitrogens with one attached hydrogen (secondary N) is 1. The minimum absolute atomic E-state index is 0.197. The first kappa shape index (κ1) is 20.2. The Morgan fingerprint density at radius 1 is 1.29 bits per heavy atom. The largest absolute Gasteiger partial charge is 0.496 e. The van der Waals surface area contributed by atoms with E-state index in [9.17, 15) is 18.0 Å². The number of hydrogen-bond acceptors (Lipinski definition) is 3. The van der Waals surface area contributed by atoms with E-state index >= 15 is 0 Å². The van der Waals surface area contributed by atoms with E-state index in [0.29, 0.717) is 31.4 Å². The van der Waals surface area contributed by atoms with E-state index in [1.54, 1.807) is 7.11 Å². The van der Waals surface area contributed by atoms with Gasteiger partial charge in [0.2, 0.25) is 5.91 Å². The first-order valence-electron chi connectivity index (χ1n) is 9.36. The number of alkyl halides is 3. The molecule has 1 aliphatic rings. The number of nitrogens with zero attached hydrogens (tertiary/aromatic N) is 2. The number of para-hydroxylation sites is 1. The molecular formula is C20H24F3N3O2. The lowest BCUT2D eigenvalue weighted by Crippen LogP contribution is -2.37. The van der Waals surface area contributed by atoms with Gasteiger partial charge in [0.15, 0.2) is 5.69 Å². The van der Waals surface area contributed by atoms with Crippen LogP contribution < -0.4 is 10.1 Å². The van der Waals surface area contributed by atoms with E-state index < -0.39 is 11.9 Å². The zero-order valence-electron chi connectivity index (χ0n) is 16.0. The molecule has 1 N–H and O–H groups in total. The number of carbonyl (C=O) groups is 1. The molecular weight excluding hydrogens is 371 g/mol. The van der Waals surface area contributed by atoms with Gasteiger partial charge in [0.25, 0.3) is 0 Å². The van der Waals surface area contributed by atoms with Crippen molar-refractivity contribution in [2.45, 2.75) is 57.8 Å². The van der Waals surface area contributed by atoms with Crippen molar-refractivity contribution in [3.05, 3.63) is 46.8 Å². The predicted molar refractivity (Wildman–Crippen MR) is 98.2 cm³/mol. The molecule has 0 unspecified atom stereocenters. The van der Waals surface area contributed by atoms with Gasteiger partial charge in [-0.2, -0.15) is 18.3 Å². The molecule has 1 atom stereocenters. The van der Waals surface area contributed by atoms with Crippen LogP contribution in [-0.4, -0.2) is 28.8 Å². The van der Waals surface area contributed by atoms with E-state index in [2.05, 4.69) is 10.4 Å². The summed E-state index contributed by atoms with van der Waals surface area (Å²) >= 11 is 0. The first-order chi connectivity index (χ1) is 13.3. The molecule has 0 aliphatic heterocycles. The van der Waals surface area contributed by atoms with Crippen molar-refractivity contribution in [1.82, 2.24) is 15.1 Å². The Labute approximate surface area is 161 Å². The second-order valence-electron chi connectivity index (χ2n) is 7.12. The van der Waals surface area contributed by atoms with Crippen molar-refractivity contribution in [3.8, 4) is 5.75 Å². The molecule has 2 aromatic rings. The van der Waals surface area contributed by atoms with Crippen LogP contribution in [0.25, 0.3) is 0 Å². The Bertz CT molecular complexity index is 846. The molecule has 0 fully saturated rings. The lowest BCUT2D eigenvalue weighted by molar-refractivity contribution is -0.142. The Kier molecular flexibility index (Phi) is 5.96. The number of aromatic nitrogens is 2. The van der Waals surface area contributed by atoms with Crippen LogP contribution in [0.3, 0.4) is 0 Å². The maximum Gasteiger partial charge on any atom is 0.435 e. The van der Waals surface area contributed by atoms with Crippen LogP contribution in [-0.2, 0) is 36.8 Å². The summed E-state index contributed by atoms with van der Waals surface area (Å²) in [7, 11) is 1.58. The van der Waals surface area contributed by atoms with Gasteiger partial charge in [-0.25, -0.2) is 0 Å². The number of amides is 1. The highest BCUT2D eigenvalue weighted by molar-refractivity contribution is 5.76. The van der Waals surface area contributed by atoms with Crippen molar-refractivity contribution in [3.63, 3.8) is 0 Å². The van der Waals surface area contributed by atoms with Crippen LogP contribution in [0.1, 0.15) is 42.3 Å². The Balaban J connectivity index is 1.69. The predicted octanol–water partition coefficient (Wildman–Crippen LogP) is 3.54. The fraction of sp³-hybridized carbons (Fsp3) is 0.500. The Hall–Kier alpha value is -2.51. The van der Waals surface area contributed by atoms with E-state index in [1.807, 2.05) is 31.2 Å². The maximum atomic E-state index is 13.3. The molecule has 0 saturated heterocycles. The Morgan fingerprint density at radius 2 is 2.00 bits per heavy atom. The highest BCUT2D eigenvalue weighted by Gasteiger charge is 2.39. The van der Waals surface area contributed by atoms with Gasteiger partial charge in [0.1, 0.15) is 12.3 Å². The number of carbonyl (C=O) groups excluding carboxylic acids is 1. The highest BCUT2D eigenvalue weighted by Crippen LogP contribution is 2.35. The van der Waals surface area contributed by atoms with Crippen molar-refractivity contribution >= 4 is 5.91 Å². The summed E-state index contributed by atoms with van der Waals surface area (Å²) in [6.07, 6.45) is -1.55. The lowest BCUT2D eigenvalue weighted by Gasteiger charge is -2.17. The van der Waals surface area contributed by atoms with Gasteiger partial charge in [-0.1, -0.05) is 18.2 Å². The van der Waals surface area contributed by atoms with Crippen LogP contribution in [0.15, 0.2) is 24.3 Å². The molecule has 0 bridgehead atoms. The summed E-state index contributed by atoms with van der Waals surface area (Å²) in [5.74, 6) is 0.381. The molecule has 1 amide bonds. The highest BCUT2D eigenvalue weighted by atomic mass is 19.4. The third-order valence-corrected chi connectivity index (χ3v) is 4.94. The smallest absolute Gasteiger partial charge is 0.435 e. The lowest BCUT2D eigenvalue weighted by atomic mass is 9.95. The molecule has 8 heteroatoms. The number of benzene rings is 1. The van der Waals surface area contributed by atoms with Gasteiger partial charge >= 0.3 is 6.18 Å². The van der Waals surface area contributed by atoms with E-state index in [4.69, 9.17) is 4.74 Å². The van der Waals surface area contributed by atoms with Crippen LogP contribution >= 0.6 is 0 Å². The third-order valence-electron chi connectivity index (χ3n) is 4.94. The minimum atomic E-state index is -4.50. The number of fused-ring (bicyclic) bond motifs is 1. The fourth-order valence-electron chi connectivity index (χ4n) is 3.74. The standard InChI is InChI=1S/C20H24F3N3O2/c1-13(11-14-7-3-6-10-17(14)28-2)24-18(27)12-26-16-9-5-4-8-15(16)19(25-26)20(21,22)23/h3,6-7,10,13H,4-5,8-9,11-12H2,1-2H3,(H,24,27)/t13-/m0/s1. The first-order valence-corrected chi connectivity index (χ1v) is 9.36. The summed E-state index contributed by atoms with van der Waals surface area (Å²) < 4.78 is 46.3. The second kappa shape index (κ2) is 8.24. The molecule has 0 spiro atoms. The van der Waals surface area contributed by atoms with Gasteiger partial charge in [-0.3, -0.25) is 9.48 Å². The summed E-state index contributed by atoms with van der Waals surface area (Å²) in [6, 6.07) is 7.32.